The average Bonchev–Trinajstić information content (AvgIpc) is 2.41. The van der Waals surface area contributed by atoms with E-state index in [0.717, 1.165) is 25.7 Å². The van der Waals surface area contributed by atoms with Crippen LogP contribution in [0.5, 0.6) is 5.75 Å². The molecule has 1 fully saturated rings. The summed E-state index contributed by atoms with van der Waals surface area (Å²) in [5, 5.41) is 13.3. The van der Waals surface area contributed by atoms with Crippen molar-refractivity contribution in [2.24, 2.45) is 0 Å². The fourth-order valence-electron chi connectivity index (χ4n) is 2.42. The molecule has 1 amide bonds. The quantitative estimate of drug-likeness (QED) is 0.900. The van der Waals surface area contributed by atoms with E-state index in [4.69, 9.17) is 27.9 Å². The first kappa shape index (κ1) is 15.4. The van der Waals surface area contributed by atoms with Crippen molar-refractivity contribution >= 4 is 29.1 Å². The van der Waals surface area contributed by atoms with Crippen LogP contribution in [0.3, 0.4) is 0 Å². The van der Waals surface area contributed by atoms with E-state index in [1.54, 1.807) is 0 Å². The number of nitrogens with one attached hydrogen (secondary N) is 1. The molecule has 0 bridgehead atoms. The fourth-order valence-corrected chi connectivity index (χ4v) is 3.06. The van der Waals surface area contributed by atoms with Crippen LogP contribution in [0.1, 0.15) is 36.0 Å². The first-order valence-electron chi connectivity index (χ1n) is 6.55. The maximum Gasteiger partial charge on any atom is 0.251 e. The lowest BCUT2D eigenvalue weighted by Crippen LogP contribution is -2.45. The van der Waals surface area contributed by atoms with Crippen LogP contribution in [0.2, 0.25) is 10.0 Å². The van der Waals surface area contributed by atoms with Crippen LogP contribution in [0.15, 0.2) is 12.1 Å². The largest absolute Gasteiger partial charge is 0.494 e. The molecule has 1 aromatic rings. The molecule has 2 atom stereocenters. The molecule has 0 saturated heterocycles. The van der Waals surface area contributed by atoms with Crippen LogP contribution in [0.4, 0.5) is 0 Å². The molecule has 1 aliphatic rings. The molecule has 2 rings (SSSR count). The van der Waals surface area contributed by atoms with Crippen molar-refractivity contribution in [3.05, 3.63) is 27.7 Å². The first-order chi connectivity index (χ1) is 9.52. The van der Waals surface area contributed by atoms with Gasteiger partial charge in [0.15, 0.2) is 5.75 Å². The Morgan fingerprint density at radius 2 is 1.90 bits per heavy atom. The second kappa shape index (κ2) is 6.66. The summed E-state index contributed by atoms with van der Waals surface area (Å²) in [5.74, 6) is 0.0602. The lowest BCUT2D eigenvalue weighted by molar-refractivity contribution is 0.0717. The highest BCUT2D eigenvalue weighted by atomic mass is 35.5. The predicted molar refractivity (Wildman–Crippen MR) is 78.7 cm³/mol. The maximum absolute atomic E-state index is 12.2. The van der Waals surface area contributed by atoms with Crippen molar-refractivity contribution < 1.29 is 14.6 Å². The number of methoxy groups -OCH3 is 1. The molecular formula is C14H17Cl2NO3. The Hall–Kier alpha value is -0.970. The van der Waals surface area contributed by atoms with Gasteiger partial charge in [-0.05, 0) is 25.0 Å². The smallest absolute Gasteiger partial charge is 0.251 e. The Kier molecular flexibility index (Phi) is 5.13. The van der Waals surface area contributed by atoms with Crippen LogP contribution in [0.25, 0.3) is 0 Å². The molecule has 1 saturated carbocycles. The molecule has 1 aromatic carbocycles. The molecule has 0 spiro atoms. The molecule has 1 aliphatic carbocycles. The molecular weight excluding hydrogens is 301 g/mol. The normalized spacial score (nSPS) is 22.4. The lowest BCUT2D eigenvalue weighted by atomic mass is 9.92. The molecule has 20 heavy (non-hydrogen) atoms. The van der Waals surface area contributed by atoms with E-state index in [2.05, 4.69) is 5.32 Å². The van der Waals surface area contributed by atoms with E-state index in [1.807, 2.05) is 0 Å². The second-order valence-electron chi connectivity index (χ2n) is 4.90. The summed E-state index contributed by atoms with van der Waals surface area (Å²) in [5.41, 5.74) is 0.360. The highest BCUT2D eigenvalue weighted by Gasteiger charge is 2.25. The third-order valence-corrected chi connectivity index (χ3v) is 4.07. The van der Waals surface area contributed by atoms with Gasteiger partial charge in [-0.15, -0.1) is 0 Å². The second-order valence-corrected chi connectivity index (χ2v) is 5.72. The van der Waals surface area contributed by atoms with Gasteiger partial charge in [0.2, 0.25) is 0 Å². The number of rotatable bonds is 3. The zero-order valence-electron chi connectivity index (χ0n) is 11.2. The number of hydrogen-bond acceptors (Lipinski definition) is 3. The maximum atomic E-state index is 12.2. The van der Waals surface area contributed by atoms with Gasteiger partial charge in [0.05, 0.1) is 29.3 Å². The van der Waals surface area contributed by atoms with Crippen molar-refractivity contribution in [1.82, 2.24) is 5.32 Å². The number of benzene rings is 1. The number of carbonyl (C=O) groups is 1. The van der Waals surface area contributed by atoms with Crippen molar-refractivity contribution in [2.75, 3.05) is 7.11 Å². The first-order valence-corrected chi connectivity index (χ1v) is 7.30. The summed E-state index contributed by atoms with van der Waals surface area (Å²) in [6, 6.07) is 2.81. The number of carbonyl (C=O) groups excluding carboxylic acids is 1. The third kappa shape index (κ3) is 3.37. The van der Waals surface area contributed by atoms with Crippen molar-refractivity contribution in [3.8, 4) is 5.75 Å². The van der Waals surface area contributed by atoms with Gasteiger partial charge in [0.1, 0.15) is 0 Å². The molecule has 6 heteroatoms. The molecule has 0 aliphatic heterocycles. The van der Waals surface area contributed by atoms with Crippen molar-refractivity contribution in [1.29, 1.82) is 0 Å². The van der Waals surface area contributed by atoms with E-state index in [0.29, 0.717) is 11.3 Å². The van der Waals surface area contributed by atoms with Crippen LogP contribution in [-0.2, 0) is 0 Å². The summed E-state index contributed by atoms with van der Waals surface area (Å²) < 4.78 is 5.04. The van der Waals surface area contributed by atoms with Crippen LogP contribution in [0, 0.1) is 0 Å². The average molecular weight is 318 g/mol. The summed E-state index contributed by atoms with van der Waals surface area (Å²) >= 11 is 12.0. The van der Waals surface area contributed by atoms with Crippen LogP contribution < -0.4 is 10.1 Å². The minimum Gasteiger partial charge on any atom is -0.494 e. The number of amides is 1. The van der Waals surface area contributed by atoms with Crippen molar-refractivity contribution in [3.63, 3.8) is 0 Å². The molecule has 0 unspecified atom stereocenters. The molecule has 110 valence electrons. The number of hydrogen-bond donors (Lipinski definition) is 2. The van der Waals surface area contributed by atoms with Gasteiger partial charge in [-0.25, -0.2) is 0 Å². The Bertz CT molecular complexity index is 484. The van der Waals surface area contributed by atoms with Gasteiger partial charge in [-0.2, -0.15) is 0 Å². The topological polar surface area (TPSA) is 58.6 Å². The Morgan fingerprint density at radius 3 is 2.45 bits per heavy atom. The SMILES string of the molecule is COc1c(Cl)cc(C(=O)N[C@H]2CCCC[C@@H]2O)cc1Cl. The Morgan fingerprint density at radius 1 is 1.30 bits per heavy atom. The monoisotopic (exact) mass is 317 g/mol. The van der Waals surface area contributed by atoms with Gasteiger partial charge < -0.3 is 15.2 Å². The minimum atomic E-state index is -0.489. The van der Waals surface area contributed by atoms with E-state index < -0.39 is 6.10 Å². The highest BCUT2D eigenvalue weighted by molar-refractivity contribution is 6.37. The molecule has 0 radical (unpaired) electrons. The summed E-state index contributed by atoms with van der Waals surface area (Å²) in [4.78, 5) is 12.2. The van der Waals surface area contributed by atoms with E-state index >= 15 is 0 Å². The minimum absolute atomic E-state index is 0.212. The summed E-state index contributed by atoms with van der Waals surface area (Å²) in [6.07, 6.45) is 3.01. The summed E-state index contributed by atoms with van der Waals surface area (Å²) in [7, 11) is 1.46. The van der Waals surface area contributed by atoms with Gasteiger partial charge >= 0.3 is 0 Å². The Labute approximate surface area is 128 Å². The standard InChI is InChI=1S/C14H17Cl2NO3/c1-20-13-9(15)6-8(7-10(13)16)14(19)17-11-4-2-3-5-12(11)18/h6-7,11-12,18H,2-5H2,1H3,(H,17,19)/t11-,12-/m0/s1. The lowest BCUT2D eigenvalue weighted by Gasteiger charge is -2.28. The summed E-state index contributed by atoms with van der Waals surface area (Å²) in [6.45, 7) is 0. The van der Waals surface area contributed by atoms with E-state index in [9.17, 15) is 9.90 Å². The molecule has 0 heterocycles. The number of ether oxygens (including phenoxy) is 1. The molecule has 2 N–H and O–H groups in total. The zero-order valence-corrected chi connectivity index (χ0v) is 12.7. The van der Waals surface area contributed by atoms with Crippen LogP contribution in [-0.4, -0.2) is 30.3 Å². The predicted octanol–water partition coefficient (Wildman–Crippen LogP) is 3.04. The number of aliphatic hydroxyl groups is 1. The molecule has 4 nitrogen and oxygen atoms in total. The van der Waals surface area contributed by atoms with Crippen LogP contribution >= 0.6 is 23.2 Å². The fraction of sp³-hybridized carbons (Fsp3) is 0.500. The van der Waals surface area contributed by atoms with Gasteiger partial charge in [-0.3, -0.25) is 4.79 Å². The zero-order chi connectivity index (χ0) is 14.7. The molecule has 0 aromatic heterocycles. The number of halogens is 2. The third-order valence-electron chi connectivity index (χ3n) is 3.51. The van der Waals surface area contributed by atoms with Gasteiger partial charge in [0.25, 0.3) is 5.91 Å². The Balaban J connectivity index is 2.13. The van der Waals surface area contributed by atoms with Crippen molar-refractivity contribution in [2.45, 2.75) is 37.8 Å². The van der Waals surface area contributed by atoms with Gasteiger partial charge in [0, 0.05) is 5.56 Å². The highest BCUT2D eigenvalue weighted by Crippen LogP contribution is 2.33. The van der Waals surface area contributed by atoms with E-state index in [-0.39, 0.29) is 22.0 Å². The number of aliphatic hydroxyl groups excluding tert-OH is 1. The van der Waals surface area contributed by atoms with E-state index in [1.165, 1.54) is 19.2 Å². The van der Waals surface area contributed by atoms with Gasteiger partial charge in [-0.1, -0.05) is 36.0 Å².